The Morgan fingerprint density at radius 3 is 2.42 bits per heavy atom. The summed E-state index contributed by atoms with van der Waals surface area (Å²) in [5, 5.41) is 1.14. The van der Waals surface area contributed by atoms with Crippen LogP contribution in [0.25, 0.3) is 10.9 Å². The predicted octanol–water partition coefficient (Wildman–Crippen LogP) is 3.94. The van der Waals surface area contributed by atoms with Gasteiger partial charge in [-0.2, -0.15) is 0 Å². The molecular weight excluding hydrogens is 230 g/mol. The van der Waals surface area contributed by atoms with E-state index in [0.29, 0.717) is 0 Å². The Morgan fingerprint density at radius 1 is 0.789 bits per heavy atom. The van der Waals surface area contributed by atoms with Gasteiger partial charge in [0.25, 0.3) is 0 Å². The second-order valence-electron chi connectivity index (χ2n) is 4.51. The summed E-state index contributed by atoms with van der Waals surface area (Å²) in [4.78, 5) is 4.53. The van der Waals surface area contributed by atoms with E-state index in [4.69, 9.17) is 0 Å². The van der Waals surface area contributed by atoms with Gasteiger partial charge in [0.15, 0.2) is 0 Å². The fourth-order valence-corrected chi connectivity index (χ4v) is 1.91. The highest BCUT2D eigenvalue weighted by molar-refractivity contribution is 5.78. The number of hydrogen-bond donors (Lipinski definition) is 0. The summed E-state index contributed by atoms with van der Waals surface area (Å²) in [6.45, 7) is 2.07. The van der Waals surface area contributed by atoms with Crippen molar-refractivity contribution in [1.29, 1.82) is 0 Å². The zero-order chi connectivity index (χ0) is 13.1. The first kappa shape index (κ1) is 11.5. The zero-order valence-electron chi connectivity index (χ0n) is 10.7. The molecule has 90 valence electrons. The van der Waals surface area contributed by atoms with Crippen molar-refractivity contribution in [3.8, 4) is 11.8 Å². The summed E-state index contributed by atoms with van der Waals surface area (Å²) in [6.07, 6.45) is 0. The quantitative estimate of drug-likeness (QED) is 0.545. The van der Waals surface area contributed by atoms with Gasteiger partial charge in [-0.1, -0.05) is 47.9 Å². The first-order valence-electron chi connectivity index (χ1n) is 6.26. The summed E-state index contributed by atoms with van der Waals surface area (Å²) in [5.74, 6) is 6.25. The predicted molar refractivity (Wildman–Crippen MR) is 78.9 cm³/mol. The maximum absolute atomic E-state index is 4.53. The number of aryl methyl sites for hydroxylation is 1. The molecule has 0 spiro atoms. The average molecular weight is 243 g/mol. The molecule has 0 atom stereocenters. The second-order valence-corrected chi connectivity index (χ2v) is 4.51. The van der Waals surface area contributed by atoms with Crippen molar-refractivity contribution in [2.75, 3.05) is 0 Å². The Labute approximate surface area is 112 Å². The van der Waals surface area contributed by atoms with E-state index in [1.165, 1.54) is 5.56 Å². The fraction of sp³-hybridized carbons (Fsp3) is 0.0556. The Balaban J connectivity index is 1.95. The van der Waals surface area contributed by atoms with Crippen molar-refractivity contribution in [2.45, 2.75) is 6.92 Å². The molecule has 1 nitrogen and oxygen atoms in total. The molecule has 0 saturated heterocycles. The molecule has 0 fully saturated rings. The number of nitrogens with zero attached hydrogens (tertiary/aromatic N) is 1. The van der Waals surface area contributed by atoms with Gasteiger partial charge in [0, 0.05) is 10.9 Å². The van der Waals surface area contributed by atoms with Crippen LogP contribution in [0.2, 0.25) is 0 Å². The molecule has 0 saturated carbocycles. The maximum atomic E-state index is 4.53. The molecule has 3 rings (SSSR count). The minimum absolute atomic E-state index is 0.805. The van der Waals surface area contributed by atoms with E-state index in [0.717, 1.165) is 22.2 Å². The monoisotopic (exact) mass is 243 g/mol. The van der Waals surface area contributed by atoms with E-state index < -0.39 is 0 Å². The summed E-state index contributed by atoms with van der Waals surface area (Å²) < 4.78 is 0. The molecule has 2 aromatic carbocycles. The summed E-state index contributed by atoms with van der Waals surface area (Å²) >= 11 is 0. The van der Waals surface area contributed by atoms with Crippen LogP contribution >= 0.6 is 0 Å². The lowest BCUT2D eigenvalue weighted by Gasteiger charge is -1.96. The molecule has 0 radical (unpaired) electrons. The summed E-state index contributed by atoms with van der Waals surface area (Å²) in [6, 6.07) is 20.3. The van der Waals surface area contributed by atoms with Crippen LogP contribution < -0.4 is 0 Å². The number of para-hydroxylation sites is 1. The molecule has 3 aromatic rings. The third-order valence-electron chi connectivity index (χ3n) is 2.98. The zero-order valence-corrected chi connectivity index (χ0v) is 10.7. The lowest BCUT2D eigenvalue weighted by Crippen LogP contribution is -1.84. The highest BCUT2D eigenvalue weighted by atomic mass is 14.7. The maximum Gasteiger partial charge on any atom is 0.114 e. The van der Waals surface area contributed by atoms with Crippen LogP contribution in [0, 0.1) is 18.8 Å². The van der Waals surface area contributed by atoms with Crippen LogP contribution in [-0.4, -0.2) is 4.98 Å². The van der Waals surface area contributed by atoms with E-state index in [1.807, 2.05) is 36.4 Å². The topological polar surface area (TPSA) is 12.9 Å². The second kappa shape index (κ2) is 4.96. The van der Waals surface area contributed by atoms with Gasteiger partial charge in [0.1, 0.15) is 5.69 Å². The normalized spacial score (nSPS) is 9.95. The van der Waals surface area contributed by atoms with Crippen LogP contribution in [0.5, 0.6) is 0 Å². The SMILES string of the molecule is Cc1ccc(C#Cc2ccc3ccccc3n2)cc1. The van der Waals surface area contributed by atoms with Gasteiger partial charge in [-0.25, -0.2) is 4.98 Å². The molecule has 1 heteroatoms. The van der Waals surface area contributed by atoms with Crippen LogP contribution in [0.3, 0.4) is 0 Å². The minimum Gasteiger partial charge on any atom is -0.239 e. The molecule has 0 aliphatic rings. The molecule has 19 heavy (non-hydrogen) atoms. The standard InChI is InChI=1S/C18H13N/c1-14-6-8-15(9-7-14)10-12-17-13-11-16-4-2-3-5-18(16)19-17/h2-9,11,13H,1H3. The highest BCUT2D eigenvalue weighted by Crippen LogP contribution is 2.11. The van der Waals surface area contributed by atoms with Crippen LogP contribution in [-0.2, 0) is 0 Å². The molecule has 0 amide bonds. The van der Waals surface area contributed by atoms with Crippen molar-refractivity contribution in [2.24, 2.45) is 0 Å². The molecule has 1 aromatic heterocycles. The van der Waals surface area contributed by atoms with Gasteiger partial charge in [-0.3, -0.25) is 0 Å². The van der Waals surface area contributed by atoms with Crippen molar-refractivity contribution in [1.82, 2.24) is 4.98 Å². The van der Waals surface area contributed by atoms with E-state index >= 15 is 0 Å². The Bertz CT molecular complexity index is 774. The lowest BCUT2D eigenvalue weighted by molar-refractivity contribution is 1.36. The van der Waals surface area contributed by atoms with Crippen molar-refractivity contribution in [3.05, 3.63) is 77.5 Å². The molecule has 0 aliphatic heterocycles. The number of fused-ring (bicyclic) bond motifs is 1. The van der Waals surface area contributed by atoms with Gasteiger partial charge in [-0.05, 0) is 37.1 Å². The van der Waals surface area contributed by atoms with Gasteiger partial charge >= 0.3 is 0 Å². The molecule has 0 bridgehead atoms. The van der Waals surface area contributed by atoms with Crippen LogP contribution in [0.1, 0.15) is 16.8 Å². The van der Waals surface area contributed by atoms with Gasteiger partial charge in [0.05, 0.1) is 5.52 Å². The van der Waals surface area contributed by atoms with Gasteiger partial charge in [-0.15, -0.1) is 0 Å². The Morgan fingerprint density at radius 2 is 1.58 bits per heavy atom. The number of benzene rings is 2. The third-order valence-corrected chi connectivity index (χ3v) is 2.98. The van der Waals surface area contributed by atoms with Crippen molar-refractivity contribution in [3.63, 3.8) is 0 Å². The Hall–Kier alpha value is -2.59. The first-order chi connectivity index (χ1) is 9.31. The third kappa shape index (κ3) is 2.64. The largest absolute Gasteiger partial charge is 0.239 e. The molecule has 0 N–H and O–H groups in total. The van der Waals surface area contributed by atoms with Crippen LogP contribution in [0.4, 0.5) is 0 Å². The van der Waals surface area contributed by atoms with E-state index in [-0.39, 0.29) is 0 Å². The van der Waals surface area contributed by atoms with E-state index in [1.54, 1.807) is 0 Å². The summed E-state index contributed by atoms with van der Waals surface area (Å²) in [5.41, 5.74) is 4.05. The van der Waals surface area contributed by atoms with Crippen molar-refractivity contribution >= 4 is 10.9 Å². The Kier molecular flexibility index (Phi) is 3.00. The minimum atomic E-state index is 0.805. The molecule has 0 unspecified atom stereocenters. The lowest BCUT2D eigenvalue weighted by atomic mass is 10.1. The average Bonchev–Trinajstić information content (AvgIpc) is 2.46. The molecule has 0 aliphatic carbocycles. The van der Waals surface area contributed by atoms with E-state index in [9.17, 15) is 0 Å². The number of pyridine rings is 1. The number of hydrogen-bond acceptors (Lipinski definition) is 1. The first-order valence-corrected chi connectivity index (χ1v) is 6.26. The van der Waals surface area contributed by atoms with Crippen molar-refractivity contribution < 1.29 is 0 Å². The van der Waals surface area contributed by atoms with Crippen LogP contribution in [0.15, 0.2) is 60.7 Å². The fourth-order valence-electron chi connectivity index (χ4n) is 1.91. The number of rotatable bonds is 0. The highest BCUT2D eigenvalue weighted by Gasteiger charge is 1.94. The number of aromatic nitrogens is 1. The molecular formula is C18H13N. The van der Waals surface area contributed by atoms with Gasteiger partial charge < -0.3 is 0 Å². The summed E-state index contributed by atoms with van der Waals surface area (Å²) in [7, 11) is 0. The van der Waals surface area contributed by atoms with Gasteiger partial charge in [0.2, 0.25) is 0 Å². The van der Waals surface area contributed by atoms with E-state index in [2.05, 4.69) is 48.0 Å². The molecule has 1 heterocycles. The smallest absolute Gasteiger partial charge is 0.114 e.